The molecule has 5 nitrogen and oxygen atoms in total. The van der Waals surface area contributed by atoms with E-state index in [0.717, 1.165) is 43.7 Å². The van der Waals surface area contributed by atoms with Crippen molar-refractivity contribution in [2.75, 3.05) is 19.6 Å². The number of nitrogens with one attached hydrogen (secondary N) is 1. The van der Waals surface area contributed by atoms with Crippen molar-refractivity contribution < 1.29 is 9.18 Å². The lowest BCUT2D eigenvalue weighted by molar-refractivity contribution is -0.128. The molecule has 4 rings (SSSR count). The molecule has 1 aromatic heterocycles. The van der Waals surface area contributed by atoms with Gasteiger partial charge in [-0.15, -0.1) is 0 Å². The molecular formula is C22H27FN4O. The number of amides is 1. The largest absolute Gasteiger partial charge is 0.337 e. The van der Waals surface area contributed by atoms with E-state index in [9.17, 15) is 9.18 Å². The highest BCUT2D eigenvalue weighted by atomic mass is 19.1. The van der Waals surface area contributed by atoms with E-state index in [4.69, 9.17) is 0 Å². The molecule has 2 aliphatic rings. The third-order valence-electron chi connectivity index (χ3n) is 5.65. The van der Waals surface area contributed by atoms with Gasteiger partial charge in [0.15, 0.2) is 0 Å². The standard InChI is InChI=1S/C22H27FN4O/c23-18-5-3-4-17(12-18)14-27-16-21(13-22(27)28)25-19-7-10-26(11-8-19)15-20-6-1-2-9-24-20/h1-6,9,12,19,21,25H,7-8,10-11,13-16H2. The summed E-state index contributed by atoms with van der Waals surface area (Å²) >= 11 is 0. The summed E-state index contributed by atoms with van der Waals surface area (Å²) in [7, 11) is 0. The SMILES string of the molecule is O=C1CC(NC2CCN(Cc3ccccn3)CC2)CN1Cc1cccc(F)c1. The van der Waals surface area contributed by atoms with Crippen LogP contribution in [-0.2, 0) is 17.9 Å². The van der Waals surface area contributed by atoms with Crippen LogP contribution in [0.5, 0.6) is 0 Å². The molecule has 2 saturated heterocycles. The highest BCUT2D eigenvalue weighted by molar-refractivity contribution is 5.79. The molecule has 0 spiro atoms. The van der Waals surface area contributed by atoms with E-state index in [1.165, 1.54) is 12.1 Å². The van der Waals surface area contributed by atoms with E-state index in [0.29, 0.717) is 25.6 Å². The molecule has 2 aromatic rings. The van der Waals surface area contributed by atoms with Crippen molar-refractivity contribution in [2.24, 2.45) is 0 Å². The van der Waals surface area contributed by atoms with Crippen LogP contribution >= 0.6 is 0 Å². The Morgan fingerprint density at radius 1 is 1.07 bits per heavy atom. The van der Waals surface area contributed by atoms with Crippen LogP contribution < -0.4 is 5.32 Å². The predicted octanol–water partition coefficient (Wildman–Crippen LogP) is 2.58. The third kappa shape index (κ3) is 4.94. The molecular weight excluding hydrogens is 355 g/mol. The number of aromatic nitrogens is 1. The van der Waals surface area contributed by atoms with Crippen LogP contribution in [0.2, 0.25) is 0 Å². The molecule has 1 unspecified atom stereocenters. The van der Waals surface area contributed by atoms with E-state index >= 15 is 0 Å². The minimum atomic E-state index is -0.253. The zero-order chi connectivity index (χ0) is 19.3. The molecule has 0 bridgehead atoms. The maximum absolute atomic E-state index is 13.4. The van der Waals surface area contributed by atoms with Crippen molar-refractivity contribution in [1.29, 1.82) is 0 Å². The Morgan fingerprint density at radius 2 is 1.93 bits per heavy atom. The Balaban J connectivity index is 1.23. The first-order chi connectivity index (χ1) is 13.7. The van der Waals surface area contributed by atoms with Gasteiger partial charge >= 0.3 is 0 Å². The molecule has 0 aliphatic carbocycles. The van der Waals surface area contributed by atoms with Gasteiger partial charge in [-0.1, -0.05) is 18.2 Å². The molecule has 148 valence electrons. The van der Waals surface area contributed by atoms with Crippen LogP contribution in [0.25, 0.3) is 0 Å². The van der Waals surface area contributed by atoms with Crippen LogP contribution in [0, 0.1) is 5.82 Å². The molecule has 3 heterocycles. The first-order valence-corrected chi connectivity index (χ1v) is 10.1. The van der Waals surface area contributed by atoms with Crippen LogP contribution in [0.15, 0.2) is 48.7 Å². The number of carbonyl (C=O) groups is 1. The topological polar surface area (TPSA) is 48.5 Å². The number of rotatable bonds is 6. The van der Waals surface area contributed by atoms with Crippen LogP contribution in [0.4, 0.5) is 4.39 Å². The van der Waals surface area contributed by atoms with Gasteiger partial charge in [0, 0.05) is 57.4 Å². The second-order valence-corrected chi connectivity index (χ2v) is 7.84. The number of likely N-dealkylation sites (tertiary alicyclic amines) is 2. The monoisotopic (exact) mass is 382 g/mol. The lowest BCUT2D eigenvalue weighted by Crippen LogP contribution is -2.46. The molecule has 1 aromatic carbocycles. The van der Waals surface area contributed by atoms with Gasteiger partial charge in [0.1, 0.15) is 5.82 Å². The number of carbonyl (C=O) groups excluding carboxylic acids is 1. The highest BCUT2D eigenvalue weighted by Crippen LogP contribution is 2.19. The number of nitrogens with zero attached hydrogens (tertiary/aromatic N) is 3. The predicted molar refractivity (Wildman–Crippen MR) is 106 cm³/mol. The first-order valence-electron chi connectivity index (χ1n) is 10.1. The average Bonchev–Trinajstić information content (AvgIpc) is 3.03. The molecule has 1 amide bonds. The van der Waals surface area contributed by atoms with E-state index < -0.39 is 0 Å². The van der Waals surface area contributed by atoms with Gasteiger partial charge in [-0.3, -0.25) is 14.7 Å². The fourth-order valence-corrected chi connectivity index (χ4v) is 4.20. The molecule has 0 radical (unpaired) electrons. The Hall–Kier alpha value is -2.31. The molecule has 6 heteroatoms. The Labute approximate surface area is 165 Å². The summed E-state index contributed by atoms with van der Waals surface area (Å²) < 4.78 is 13.4. The molecule has 28 heavy (non-hydrogen) atoms. The fourth-order valence-electron chi connectivity index (χ4n) is 4.20. The van der Waals surface area contributed by atoms with Gasteiger partial charge in [0.05, 0.1) is 5.69 Å². The minimum absolute atomic E-state index is 0.148. The smallest absolute Gasteiger partial charge is 0.224 e. The van der Waals surface area contributed by atoms with Crippen LogP contribution in [-0.4, -0.2) is 52.4 Å². The van der Waals surface area contributed by atoms with Crippen molar-refractivity contribution in [3.05, 3.63) is 65.7 Å². The number of halogens is 1. The van der Waals surface area contributed by atoms with Crippen LogP contribution in [0.3, 0.4) is 0 Å². The highest BCUT2D eigenvalue weighted by Gasteiger charge is 2.31. The Kier molecular flexibility index (Phi) is 5.98. The fraction of sp³-hybridized carbons (Fsp3) is 0.455. The third-order valence-corrected chi connectivity index (χ3v) is 5.65. The summed E-state index contributed by atoms with van der Waals surface area (Å²) in [6.45, 7) is 4.17. The Bertz CT molecular complexity index is 792. The minimum Gasteiger partial charge on any atom is -0.337 e. The lowest BCUT2D eigenvalue weighted by atomic mass is 10.0. The second kappa shape index (κ2) is 8.80. The number of hydrogen-bond donors (Lipinski definition) is 1. The van der Waals surface area contributed by atoms with Crippen molar-refractivity contribution in [2.45, 2.75) is 44.4 Å². The van der Waals surface area contributed by atoms with Gasteiger partial charge in [0.2, 0.25) is 5.91 Å². The van der Waals surface area contributed by atoms with Gasteiger partial charge in [-0.2, -0.15) is 0 Å². The van der Waals surface area contributed by atoms with Crippen molar-refractivity contribution in [1.82, 2.24) is 20.1 Å². The molecule has 0 saturated carbocycles. The molecule has 1 N–H and O–H groups in total. The summed E-state index contributed by atoms with van der Waals surface area (Å²) in [5, 5.41) is 3.68. The van der Waals surface area contributed by atoms with Gasteiger partial charge < -0.3 is 10.2 Å². The first kappa shape index (κ1) is 19.0. The normalized spacial score (nSPS) is 21.4. The second-order valence-electron chi connectivity index (χ2n) is 7.84. The number of pyridine rings is 1. The average molecular weight is 382 g/mol. The summed E-state index contributed by atoms with van der Waals surface area (Å²) in [5.41, 5.74) is 1.96. The van der Waals surface area contributed by atoms with Crippen molar-refractivity contribution in [3.8, 4) is 0 Å². The maximum atomic E-state index is 13.4. The van der Waals surface area contributed by atoms with E-state index in [1.807, 2.05) is 29.3 Å². The van der Waals surface area contributed by atoms with E-state index in [2.05, 4.69) is 21.3 Å². The maximum Gasteiger partial charge on any atom is 0.224 e. The zero-order valence-corrected chi connectivity index (χ0v) is 16.1. The molecule has 1 atom stereocenters. The molecule has 2 aliphatic heterocycles. The van der Waals surface area contributed by atoms with Gasteiger partial charge in [-0.25, -0.2) is 4.39 Å². The number of benzene rings is 1. The van der Waals surface area contributed by atoms with Crippen LogP contribution in [0.1, 0.15) is 30.5 Å². The number of piperidine rings is 1. The summed E-state index contributed by atoms with van der Waals surface area (Å²) in [6.07, 6.45) is 4.54. The zero-order valence-electron chi connectivity index (χ0n) is 16.1. The van der Waals surface area contributed by atoms with E-state index in [-0.39, 0.29) is 17.8 Å². The van der Waals surface area contributed by atoms with E-state index in [1.54, 1.807) is 6.07 Å². The lowest BCUT2D eigenvalue weighted by Gasteiger charge is -2.33. The summed E-state index contributed by atoms with van der Waals surface area (Å²) in [5.74, 6) is -0.106. The summed E-state index contributed by atoms with van der Waals surface area (Å²) in [4.78, 5) is 21.0. The van der Waals surface area contributed by atoms with Gasteiger partial charge in [0.25, 0.3) is 0 Å². The van der Waals surface area contributed by atoms with Crippen molar-refractivity contribution in [3.63, 3.8) is 0 Å². The molecule has 2 fully saturated rings. The van der Waals surface area contributed by atoms with Gasteiger partial charge in [-0.05, 0) is 42.7 Å². The Morgan fingerprint density at radius 3 is 2.68 bits per heavy atom. The summed E-state index contributed by atoms with van der Waals surface area (Å²) in [6, 6.07) is 13.2. The quantitative estimate of drug-likeness (QED) is 0.834. The number of hydrogen-bond acceptors (Lipinski definition) is 4. The van der Waals surface area contributed by atoms with Crippen molar-refractivity contribution >= 4 is 5.91 Å².